The van der Waals surface area contributed by atoms with Crippen molar-refractivity contribution in [1.29, 1.82) is 0 Å². The highest BCUT2D eigenvalue weighted by atomic mass is 16.5. The molecule has 1 aromatic carbocycles. The van der Waals surface area contributed by atoms with E-state index in [1.54, 1.807) is 6.92 Å². The van der Waals surface area contributed by atoms with Crippen molar-refractivity contribution in [3.63, 3.8) is 0 Å². The molecule has 2 heterocycles. The highest BCUT2D eigenvalue weighted by molar-refractivity contribution is 5.99. The minimum atomic E-state index is -0.666. The summed E-state index contributed by atoms with van der Waals surface area (Å²) in [5.74, 6) is -0.666. The van der Waals surface area contributed by atoms with Crippen LogP contribution in [0.3, 0.4) is 0 Å². The number of nitroso groups, excluding NO2 is 1. The number of carbonyl (C=O) groups is 1. The van der Waals surface area contributed by atoms with Crippen LogP contribution in [-0.4, -0.2) is 17.1 Å². The van der Waals surface area contributed by atoms with E-state index in [4.69, 9.17) is 4.74 Å². The number of pyridine rings is 1. The van der Waals surface area contributed by atoms with Crippen molar-refractivity contribution < 1.29 is 9.53 Å². The molecule has 0 radical (unpaired) electrons. The Bertz CT molecular complexity index is 807. The lowest BCUT2D eigenvalue weighted by Gasteiger charge is -2.20. The number of hydrogen-bond donors (Lipinski definition) is 0. The van der Waals surface area contributed by atoms with Gasteiger partial charge in [-0.2, -0.15) is 0 Å². The van der Waals surface area contributed by atoms with E-state index >= 15 is 0 Å². The van der Waals surface area contributed by atoms with Crippen molar-refractivity contribution in [2.24, 2.45) is 5.18 Å². The summed E-state index contributed by atoms with van der Waals surface area (Å²) in [7, 11) is 0. The predicted molar refractivity (Wildman–Crippen MR) is 77.9 cm³/mol. The normalized spacial score (nSPS) is 13.2. The summed E-state index contributed by atoms with van der Waals surface area (Å²) in [6.45, 7) is 2.56. The predicted octanol–water partition coefficient (Wildman–Crippen LogP) is 2.52. The molecule has 0 bridgehead atoms. The van der Waals surface area contributed by atoms with E-state index in [9.17, 15) is 14.5 Å². The van der Waals surface area contributed by atoms with E-state index in [0.29, 0.717) is 12.1 Å². The second kappa shape index (κ2) is 5.12. The molecular formula is C15H14N2O4. The van der Waals surface area contributed by atoms with Crippen LogP contribution < -0.4 is 5.43 Å². The maximum Gasteiger partial charge on any atom is 0.343 e. The Hall–Kier alpha value is -2.50. The quantitative estimate of drug-likeness (QED) is 0.641. The van der Waals surface area contributed by atoms with Crippen molar-refractivity contribution >= 4 is 22.6 Å². The summed E-state index contributed by atoms with van der Waals surface area (Å²) < 4.78 is 6.76. The highest BCUT2D eigenvalue weighted by Crippen LogP contribution is 2.30. The van der Waals surface area contributed by atoms with Crippen LogP contribution in [0.5, 0.6) is 0 Å². The van der Waals surface area contributed by atoms with E-state index in [0.717, 1.165) is 18.4 Å². The Balaban J connectivity index is 2.40. The van der Waals surface area contributed by atoms with Gasteiger partial charge in [0.15, 0.2) is 0 Å². The van der Waals surface area contributed by atoms with Crippen molar-refractivity contribution in [2.45, 2.75) is 26.3 Å². The summed E-state index contributed by atoms with van der Waals surface area (Å²) in [4.78, 5) is 35.5. The van der Waals surface area contributed by atoms with E-state index in [1.165, 1.54) is 12.3 Å². The number of nitrogens with zero attached hydrogens (tertiary/aromatic N) is 2. The molecule has 1 aliphatic heterocycles. The second-order valence-corrected chi connectivity index (χ2v) is 4.95. The Morgan fingerprint density at radius 3 is 2.95 bits per heavy atom. The van der Waals surface area contributed by atoms with Crippen LogP contribution >= 0.6 is 0 Å². The van der Waals surface area contributed by atoms with Crippen molar-refractivity contribution in [2.75, 3.05) is 6.61 Å². The summed E-state index contributed by atoms with van der Waals surface area (Å²) in [5, 5.41) is 3.15. The van der Waals surface area contributed by atoms with Crippen molar-refractivity contribution in [3.05, 3.63) is 44.6 Å². The van der Waals surface area contributed by atoms with Gasteiger partial charge < -0.3 is 9.30 Å². The van der Waals surface area contributed by atoms with Crippen LogP contribution in [0.15, 0.2) is 28.3 Å². The highest BCUT2D eigenvalue weighted by Gasteiger charge is 2.22. The number of aromatic nitrogens is 1. The molecule has 2 aromatic rings. The summed E-state index contributed by atoms with van der Waals surface area (Å²) in [5.41, 5.74) is 1.24. The van der Waals surface area contributed by atoms with Crippen LogP contribution in [0.4, 0.5) is 5.69 Å². The molecule has 3 rings (SSSR count). The molecule has 0 saturated heterocycles. The molecule has 0 N–H and O–H groups in total. The van der Waals surface area contributed by atoms with Crippen LogP contribution in [0.25, 0.3) is 10.9 Å². The summed E-state index contributed by atoms with van der Waals surface area (Å²) in [6.07, 6.45) is 3.29. The Labute approximate surface area is 120 Å². The Morgan fingerprint density at radius 1 is 1.43 bits per heavy atom. The fourth-order valence-electron chi connectivity index (χ4n) is 2.84. The fourth-order valence-corrected chi connectivity index (χ4v) is 2.84. The monoisotopic (exact) mass is 286 g/mol. The van der Waals surface area contributed by atoms with Gasteiger partial charge in [-0.1, -0.05) is 6.07 Å². The first kappa shape index (κ1) is 13.5. The average Bonchev–Trinajstić information content (AvgIpc) is 2.50. The third kappa shape index (κ3) is 2.03. The molecule has 0 aliphatic carbocycles. The Kier molecular flexibility index (Phi) is 3.29. The number of aryl methyl sites for hydroxylation is 2. The smallest absolute Gasteiger partial charge is 0.343 e. The molecule has 6 heteroatoms. The van der Waals surface area contributed by atoms with Crippen LogP contribution in [-0.2, 0) is 17.7 Å². The molecule has 6 nitrogen and oxygen atoms in total. The van der Waals surface area contributed by atoms with Crippen molar-refractivity contribution in [3.8, 4) is 0 Å². The van der Waals surface area contributed by atoms with Gasteiger partial charge in [0.2, 0.25) is 5.43 Å². The summed E-state index contributed by atoms with van der Waals surface area (Å²) in [6, 6.07) is 3.36. The third-order valence-electron chi connectivity index (χ3n) is 3.72. The molecule has 0 fully saturated rings. The van der Waals surface area contributed by atoms with E-state index in [-0.39, 0.29) is 23.2 Å². The first-order valence-electron chi connectivity index (χ1n) is 6.87. The molecule has 0 unspecified atom stereocenters. The number of esters is 1. The van der Waals surface area contributed by atoms with Gasteiger partial charge in [-0.25, -0.2) is 4.79 Å². The number of ether oxygens (including phenoxy) is 1. The van der Waals surface area contributed by atoms with Gasteiger partial charge in [-0.3, -0.25) is 4.79 Å². The first-order chi connectivity index (χ1) is 10.2. The molecule has 21 heavy (non-hydrogen) atoms. The molecule has 0 amide bonds. The van der Waals surface area contributed by atoms with E-state index in [1.807, 2.05) is 10.6 Å². The lowest BCUT2D eigenvalue weighted by atomic mass is 9.98. The number of rotatable bonds is 3. The SMILES string of the molecule is CCOC(=O)c1cn2c3c(ccc(N=O)c3c1=O)CCC2. The van der Waals surface area contributed by atoms with Crippen molar-refractivity contribution in [1.82, 2.24) is 4.57 Å². The van der Waals surface area contributed by atoms with Gasteiger partial charge in [0.05, 0.1) is 17.5 Å². The van der Waals surface area contributed by atoms with E-state index < -0.39 is 11.4 Å². The van der Waals surface area contributed by atoms with E-state index in [2.05, 4.69) is 5.18 Å². The zero-order chi connectivity index (χ0) is 15.0. The number of benzene rings is 1. The zero-order valence-electron chi connectivity index (χ0n) is 11.6. The first-order valence-corrected chi connectivity index (χ1v) is 6.87. The largest absolute Gasteiger partial charge is 0.462 e. The van der Waals surface area contributed by atoms with Gasteiger partial charge >= 0.3 is 5.97 Å². The van der Waals surface area contributed by atoms with Gasteiger partial charge in [0.1, 0.15) is 11.3 Å². The number of hydrogen-bond acceptors (Lipinski definition) is 5. The maximum atomic E-state index is 12.6. The maximum absolute atomic E-state index is 12.6. The van der Waals surface area contributed by atoms with Crippen LogP contribution in [0, 0.1) is 4.91 Å². The molecule has 1 aromatic heterocycles. The Morgan fingerprint density at radius 2 is 2.24 bits per heavy atom. The topological polar surface area (TPSA) is 77.7 Å². The lowest BCUT2D eigenvalue weighted by Crippen LogP contribution is -2.23. The van der Waals surface area contributed by atoms with Crippen LogP contribution in [0.1, 0.15) is 29.3 Å². The molecular weight excluding hydrogens is 272 g/mol. The fraction of sp³-hybridized carbons (Fsp3) is 0.333. The third-order valence-corrected chi connectivity index (χ3v) is 3.72. The standard InChI is InChI=1S/C15H14N2O4/c1-2-21-15(19)10-8-17-7-3-4-9-5-6-11(16-20)12(13(9)17)14(10)18/h5-6,8H,2-4,7H2,1H3. The number of carbonyl (C=O) groups excluding carboxylic acids is 1. The molecule has 108 valence electrons. The minimum Gasteiger partial charge on any atom is -0.462 e. The van der Waals surface area contributed by atoms with Crippen LogP contribution in [0.2, 0.25) is 0 Å². The lowest BCUT2D eigenvalue weighted by molar-refractivity contribution is 0.0524. The van der Waals surface area contributed by atoms with Gasteiger partial charge in [0, 0.05) is 12.7 Å². The minimum absolute atomic E-state index is 0.0479. The van der Waals surface area contributed by atoms with Gasteiger partial charge in [0.25, 0.3) is 0 Å². The van der Waals surface area contributed by atoms with Gasteiger partial charge in [-0.15, -0.1) is 4.91 Å². The van der Waals surface area contributed by atoms with Gasteiger partial charge in [-0.05, 0) is 36.6 Å². The zero-order valence-corrected chi connectivity index (χ0v) is 11.6. The molecule has 0 atom stereocenters. The molecule has 1 aliphatic rings. The second-order valence-electron chi connectivity index (χ2n) is 4.95. The average molecular weight is 286 g/mol. The summed E-state index contributed by atoms with van der Waals surface area (Å²) >= 11 is 0. The molecule has 0 spiro atoms. The molecule has 0 saturated carbocycles.